The first kappa shape index (κ1) is 10.5. The Hall–Kier alpha value is -1.00. The first-order valence-corrected chi connectivity index (χ1v) is 5.33. The van der Waals surface area contributed by atoms with Crippen LogP contribution in [0.3, 0.4) is 0 Å². The van der Waals surface area contributed by atoms with Crippen molar-refractivity contribution in [1.29, 1.82) is 0 Å². The molecule has 0 saturated heterocycles. The molecule has 0 radical (unpaired) electrons. The van der Waals surface area contributed by atoms with Crippen LogP contribution in [-0.2, 0) is 6.61 Å². The first-order chi connectivity index (χ1) is 7.17. The number of rotatable bonds is 2. The van der Waals surface area contributed by atoms with Gasteiger partial charge in [-0.25, -0.2) is 0 Å². The van der Waals surface area contributed by atoms with Crippen LogP contribution in [0, 0.1) is 6.92 Å². The van der Waals surface area contributed by atoms with Gasteiger partial charge in [0.25, 0.3) is 0 Å². The third-order valence-corrected chi connectivity index (χ3v) is 3.23. The van der Waals surface area contributed by atoms with Crippen LogP contribution in [0.1, 0.15) is 11.3 Å². The van der Waals surface area contributed by atoms with Crippen LogP contribution in [0.15, 0.2) is 21.0 Å². The summed E-state index contributed by atoms with van der Waals surface area (Å²) in [7, 11) is 1.59. The molecule has 80 valence electrons. The van der Waals surface area contributed by atoms with E-state index in [2.05, 4.69) is 15.9 Å². The molecule has 0 fully saturated rings. The van der Waals surface area contributed by atoms with Crippen LogP contribution in [0.4, 0.5) is 0 Å². The van der Waals surface area contributed by atoms with Crippen LogP contribution in [0.5, 0.6) is 5.75 Å². The normalized spacial score (nSPS) is 10.9. The van der Waals surface area contributed by atoms with Gasteiger partial charge in [-0.05, 0) is 40.5 Å². The van der Waals surface area contributed by atoms with E-state index >= 15 is 0 Å². The predicted octanol–water partition coefficient (Wildman–Crippen LogP) is 3.00. The zero-order valence-corrected chi connectivity index (χ0v) is 10.1. The molecule has 2 rings (SSSR count). The maximum Gasteiger partial charge on any atom is 0.177 e. The van der Waals surface area contributed by atoms with Crippen molar-refractivity contribution < 1.29 is 14.3 Å². The van der Waals surface area contributed by atoms with Crippen LogP contribution < -0.4 is 4.74 Å². The molecular weight excluding hydrogens is 260 g/mol. The Morgan fingerprint density at radius 2 is 2.20 bits per heavy atom. The Morgan fingerprint density at radius 3 is 2.80 bits per heavy atom. The molecule has 1 aromatic heterocycles. The number of aliphatic hydroxyl groups excluding tert-OH is 1. The van der Waals surface area contributed by atoms with Gasteiger partial charge in [-0.1, -0.05) is 0 Å². The van der Waals surface area contributed by atoms with Crippen molar-refractivity contribution in [2.75, 3.05) is 7.11 Å². The number of ether oxygens (including phenoxy) is 1. The molecule has 3 nitrogen and oxygen atoms in total. The molecule has 2 aromatic rings. The Balaban J connectivity index is 2.83. The van der Waals surface area contributed by atoms with E-state index in [1.807, 2.05) is 13.0 Å². The molecule has 0 bridgehead atoms. The Bertz CT molecular complexity index is 502. The van der Waals surface area contributed by atoms with E-state index in [1.54, 1.807) is 13.2 Å². The largest absolute Gasteiger partial charge is 0.493 e. The van der Waals surface area contributed by atoms with Crippen molar-refractivity contribution in [2.45, 2.75) is 13.5 Å². The molecule has 4 heteroatoms. The summed E-state index contributed by atoms with van der Waals surface area (Å²) < 4.78 is 11.6. The Morgan fingerprint density at radius 1 is 1.47 bits per heavy atom. The molecule has 0 atom stereocenters. The number of hydrogen-bond acceptors (Lipinski definition) is 3. The second kappa shape index (κ2) is 3.87. The quantitative estimate of drug-likeness (QED) is 0.912. The van der Waals surface area contributed by atoms with Gasteiger partial charge in [-0.15, -0.1) is 0 Å². The number of aryl methyl sites for hydroxylation is 1. The lowest BCUT2D eigenvalue weighted by molar-refractivity contribution is 0.280. The van der Waals surface area contributed by atoms with E-state index in [-0.39, 0.29) is 6.61 Å². The highest BCUT2D eigenvalue weighted by molar-refractivity contribution is 9.10. The number of furan rings is 1. The monoisotopic (exact) mass is 270 g/mol. The maximum atomic E-state index is 9.19. The van der Waals surface area contributed by atoms with Gasteiger partial charge in [-0.2, -0.15) is 0 Å². The Labute approximate surface area is 95.8 Å². The highest BCUT2D eigenvalue weighted by Crippen LogP contribution is 2.36. The lowest BCUT2D eigenvalue weighted by Gasteiger charge is -2.06. The summed E-state index contributed by atoms with van der Waals surface area (Å²) in [6.07, 6.45) is 0. The van der Waals surface area contributed by atoms with Crippen molar-refractivity contribution in [2.24, 2.45) is 0 Å². The molecule has 0 spiro atoms. The minimum atomic E-state index is -0.0306. The molecule has 1 aromatic carbocycles. The fourth-order valence-electron chi connectivity index (χ4n) is 1.59. The number of aliphatic hydroxyl groups is 1. The second-order valence-electron chi connectivity index (χ2n) is 3.31. The molecular formula is C11H11BrO3. The van der Waals surface area contributed by atoms with Crippen molar-refractivity contribution >= 4 is 26.9 Å². The molecule has 0 saturated carbocycles. The van der Waals surface area contributed by atoms with Crippen LogP contribution in [0.25, 0.3) is 11.0 Å². The van der Waals surface area contributed by atoms with E-state index in [4.69, 9.17) is 9.15 Å². The van der Waals surface area contributed by atoms with E-state index in [0.717, 1.165) is 21.2 Å². The van der Waals surface area contributed by atoms with Gasteiger partial charge >= 0.3 is 0 Å². The summed E-state index contributed by atoms with van der Waals surface area (Å²) >= 11 is 3.44. The zero-order valence-electron chi connectivity index (χ0n) is 8.50. The topological polar surface area (TPSA) is 42.6 Å². The van der Waals surface area contributed by atoms with Crippen LogP contribution >= 0.6 is 15.9 Å². The SMILES string of the molecule is COc1cc(CO)c(Br)c2cc(C)oc12. The summed E-state index contributed by atoms with van der Waals surface area (Å²) in [4.78, 5) is 0. The van der Waals surface area contributed by atoms with Gasteiger partial charge in [0.15, 0.2) is 11.3 Å². The summed E-state index contributed by atoms with van der Waals surface area (Å²) in [5.41, 5.74) is 1.50. The molecule has 0 unspecified atom stereocenters. The van der Waals surface area contributed by atoms with Crippen molar-refractivity contribution in [3.05, 3.63) is 27.9 Å². The van der Waals surface area contributed by atoms with Gasteiger partial charge in [0.1, 0.15) is 5.76 Å². The minimum absolute atomic E-state index is 0.0306. The highest BCUT2D eigenvalue weighted by Gasteiger charge is 2.14. The van der Waals surface area contributed by atoms with Gasteiger partial charge in [0.2, 0.25) is 0 Å². The maximum absolute atomic E-state index is 9.19. The number of fused-ring (bicyclic) bond motifs is 1. The fraction of sp³-hybridized carbons (Fsp3) is 0.273. The van der Waals surface area contributed by atoms with Gasteiger partial charge in [-0.3, -0.25) is 0 Å². The number of methoxy groups -OCH3 is 1. The average molecular weight is 271 g/mol. The van der Waals surface area contributed by atoms with E-state index < -0.39 is 0 Å². The van der Waals surface area contributed by atoms with Gasteiger partial charge in [0, 0.05) is 9.86 Å². The third kappa shape index (κ3) is 1.64. The van der Waals surface area contributed by atoms with Crippen LogP contribution in [-0.4, -0.2) is 12.2 Å². The summed E-state index contributed by atoms with van der Waals surface area (Å²) in [6, 6.07) is 3.69. The predicted molar refractivity (Wildman–Crippen MR) is 61.1 cm³/mol. The molecule has 15 heavy (non-hydrogen) atoms. The molecule has 0 aliphatic heterocycles. The van der Waals surface area contributed by atoms with Crippen LogP contribution in [0.2, 0.25) is 0 Å². The number of hydrogen-bond donors (Lipinski definition) is 1. The van der Waals surface area contributed by atoms with Crippen molar-refractivity contribution in [1.82, 2.24) is 0 Å². The second-order valence-corrected chi connectivity index (χ2v) is 4.10. The lowest BCUT2D eigenvalue weighted by Crippen LogP contribution is -1.90. The van der Waals surface area contributed by atoms with E-state index in [9.17, 15) is 5.11 Å². The molecule has 0 aliphatic carbocycles. The number of halogens is 1. The summed E-state index contributed by atoms with van der Waals surface area (Å²) in [5.74, 6) is 1.46. The molecule has 0 aliphatic rings. The van der Waals surface area contributed by atoms with Gasteiger partial charge in [0.05, 0.1) is 13.7 Å². The van der Waals surface area contributed by atoms with E-state index in [1.165, 1.54) is 0 Å². The lowest BCUT2D eigenvalue weighted by atomic mass is 10.1. The first-order valence-electron chi connectivity index (χ1n) is 4.53. The molecule has 1 N–H and O–H groups in total. The average Bonchev–Trinajstić information content (AvgIpc) is 2.61. The third-order valence-electron chi connectivity index (χ3n) is 2.29. The van der Waals surface area contributed by atoms with Crippen molar-refractivity contribution in [3.8, 4) is 5.75 Å². The van der Waals surface area contributed by atoms with Crippen molar-refractivity contribution in [3.63, 3.8) is 0 Å². The smallest absolute Gasteiger partial charge is 0.177 e. The zero-order chi connectivity index (χ0) is 11.0. The molecule has 0 amide bonds. The Kier molecular flexibility index (Phi) is 2.71. The van der Waals surface area contributed by atoms with E-state index in [0.29, 0.717) is 11.3 Å². The number of benzene rings is 1. The fourth-order valence-corrected chi connectivity index (χ4v) is 2.12. The standard InChI is InChI=1S/C11H11BrO3/c1-6-3-8-10(12)7(5-13)4-9(14-2)11(8)15-6/h3-4,13H,5H2,1-2H3. The molecule has 1 heterocycles. The summed E-state index contributed by atoms with van der Waals surface area (Å²) in [6.45, 7) is 1.85. The van der Waals surface area contributed by atoms with Gasteiger partial charge < -0.3 is 14.3 Å². The summed E-state index contributed by atoms with van der Waals surface area (Å²) in [5, 5.41) is 10.1. The highest BCUT2D eigenvalue weighted by atomic mass is 79.9. The minimum Gasteiger partial charge on any atom is -0.493 e.